The first-order valence-electron chi connectivity index (χ1n) is 6.34. The number of unbranched alkanes of at least 4 members (excludes halogenated alkanes) is 5. The van der Waals surface area contributed by atoms with Crippen LogP contribution in [0.2, 0.25) is 0 Å². The van der Waals surface area contributed by atoms with E-state index in [1.165, 1.54) is 44.2 Å². The molecule has 0 heterocycles. The van der Waals surface area contributed by atoms with E-state index in [0.717, 1.165) is 6.42 Å². The van der Waals surface area contributed by atoms with Crippen molar-refractivity contribution in [2.45, 2.75) is 50.3 Å². The molecule has 0 atom stereocenters. The quantitative estimate of drug-likeness (QED) is 0.370. The molecule has 3 nitrogen and oxygen atoms in total. The van der Waals surface area contributed by atoms with Gasteiger partial charge in [-0.2, -0.15) is 14.8 Å². The number of rotatable bonds is 6. The zero-order chi connectivity index (χ0) is 13.9. The van der Waals surface area contributed by atoms with Gasteiger partial charge in [0, 0.05) is 0 Å². The van der Waals surface area contributed by atoms with Crippen LogP contribution in [0.1, 0.15) is 45.4 Å². The maximum absolute atomic E-state index is 10.4. The maximum atomic E-state index is 10.4. The van der Waals surface area contributed by atoms with Crippen LogP contribution >= 0.6 is 0 Å². The molecule has 1 aromatic rings. The molecule has 5 heteroatoms. The van der Waals surface area contributed by atoms with E-state index in [1.807, 2.05) is 0 Å². The second-order valence-electron chi connectivity index (χ2n) is 4.06. The zero-order valence-corrected chi connectivity index (χ0v) is 14.8. The molecule has 0 amide bonds. The Labute approximate surface area is 139 Å². The Bertz CT molecular complexity index is 384. The van der Waals surface area contributed by atoms with Crippen LogP contribution in [0.5, 0.6) is 0 Å². The molecule has 1 rings (SSSR count). The minimum absolute atomic E-state index is 0. The summed E-state index contributed by atoms with van der Waals surface area (Å²) in [5.74, 6) is 0. The van der Waals surface area contributed by atoms with E-state index >= 15 is 0 Å². The summed E-state index contributed by atoms with van der Waals surface area (Å²) in [5, 5.41) is 0. The predicted octanol–water partition coefficient (Wildman–Crippen LogP) is 1.12. The van der Waals surface area contributed by atoms with Gasteiger partial charge >= 0.3 is 29.6 Å². The molecule has 0 fully saturated rings. The van der Waals surface area contributed by atoms with Gasteiger partial charge in [-0.1, -0.05) is 57.2 Å². The van der Waals surface area contributed by atoms with Crippen LogP contribution in [-0.4, -0.2) is 13.0 Å². The van der Waals surface area contributed by atoms with Crippen molar-refractivity contribution < 1.29 is 42.5 Å². The Morgan fingerprint density at radius 1 is 1.05 bits per heavy atom. The summed E-state index contributed by atoms with van der Waals surface area (Å²) < 4.78 is 29.2. The van der Waals surface area contributed by atoms with Crippen molar-refractivity contribution in [1.29, 1.82) is 0 Å². The molecule has 0 aromatic heterocycles. The molecule has 0 aliphatic rings. The van der Waals surface area contributed by atoms with Crippen molar-refractivity contribution in [2.24, 2.45) is 0 Å². The fourth-order valence-electron chi connectivity index (χ4n) is 1.37. The molecular formula is C14H23NaO3S. The SMILES string of the molecule is O=S(=O)(O)c1ccccc1.[CH2-]CCCCCCC.[Na+]. The first-order chi connectivity index (χ1) is 8.52. The summed E-state index contributed by atoms with van der Waals surface area (Å²) >= 11 is 0. The largest absolute Gasteiger partial charge is 1.00 e. The molecule has 19 heavy (non-hydrogen) atoms. The minimum Gasteiger partial charge on any atom is -0.343 e. The van der Waals surface area contributed by atoms with Crippen LogP contribution in [0.4, 0.5) is 0 Å². The fourth-order valence-corrected chi connectivity index (χ4v) is 1.87. The summed E-state index contributed by atoms with van der Waals surface area (Å²) in [6.45, 7) is 6.02. The second kappa shape index (κ2) is 13.1. The standard InChI is InChI=1S/C8H17.C6H6O3S.Na/c1-3-5-7-8-6-4-2;7-10(8,9)6-4-2-1-3-5-6;/h1,3-8H2,2H3;1-5H,(H,7,8,9);/q-1;;+1. The molecule has 0 saturated carbocycles. The topological polar surface area (TPSA) is 54.4 Å². The average Bonchev–Trinajstić information content (AvgIpc) is 2.36. The van der Waals surface area contributed by atoms with Gasteiger partial charge in [-0.3, -0.25) is 4.55 Å². The normalized spacial score (nSPS) is 10.1. The molecule has 0 radical (unpaired) electrons. The van der Waals surface area contributed by atoms with E-state index in [2.05, 4.69) is 13.8 Å². The van der Waals surface area contributed by atoms with Crippen LogP contribution < -0.4 is 29.6 Å². The van der Waals surface area contributed by atoms with Gasteiger partial charge in [0.2, 0.25) is 0 Å². The molecule has 0 saturated heterocycles. The van der Waals surface area contributed by atoms with Crippen molar-refractivity contribution in [3.8, 4) is 0 Å². The Balaban J connectivity index is 0. The summed E-state index contributed by atoms with van der Waals surface area (Å²) in [5.41, 5.74) is 0. The summed E-state index contributed by atoms with van der Waals surface area (Å²) in [6, 6.07) is 7.42. The number of benzene rings is 1. The molecule has 0 unspecified atom stereocenters. The maximum Gasteiger partial charge on any atom is 1.00 e. The summed E-state index contributed by atoms with van der Waals surface area (Å²) in [7, 11) is -4.00. The summed E-state index contributed by atoms with van der Waals surface area (Å²) in [4.78, 5) is -0.0741. The molecule has 0 aliphatic heterocycles. The van der Waals surface area contributed by atoms with E-state index in [0.29, 0.717) is 0 Å². The third kappa shape index (κ3) is 12.9. The summed E-state index contributed by atoms with van der Waals surface area (Å²) in [6.07, 6.45) is 7.98. The zero-order valence-electron chi connectivity index (χ0n) is 12.0. The van der Waals surface area contributed by atoms with Crippen LogP contribution in [0.15, 0.2) is 35.2 Å². The molecule has 0 bridgehead atoms. The van der Waals surface area contributed by atoms with E-state index in [9.17, 15) is 8.42 Å². The Hall–Kier alpha value is 0.130. The van der Waals surface area contributed by atoms with E-state index < -0.39 is 10.1 Å². The van der Waals surface area contributed by atoms with Crippen LogP contribution in [-0.2, 0) is 10.1 Å². The third-order valence-electron chi connectivity index (χ3n) is 2.39. The average molecular weight is 294 g/mol. The van der Waals surface area contributed by atoms with Gasteiger partial charge < -0.3 is 6.92 Å². The van der Waals surface area contributed by atoms with Crippen molar-refractivity contribution in [2.75, 3.05) is 0 Å². The van der Waals surface area contributed by atoms with Gasteiger partial charge in [-0.15, -0.1) is 0 Å². The van der Waals surface area contributed by atoms with E-state index in [-0.39, 0.29) is 34.5 Å². The van der Waals surface area contributed by atoms with E-state index in [1.54, 1.807) is 18.2 Å². The van der Waals surface area contributed by atoms with Crippen molar-refractivity contribution >= 4 is 10.1 Å². The van der Waals surface area contributed by atoms with Crippen molar-refractivity contribution in [3.05, 3.63) is 37.3 Å². The number of hydrogen-bond donors (Lipinski definition) is 1. The van der Waals surface area contributed by atoms with E-state index in [4.69, 9.17) is 4.55 Å². The van der Waals surface area contributed by atoms with Gasteiger partial charge in [0.1, 0.15) is 0 Å². The molecule has 0 aliphatic carbocycles. The van der Waals surface area contributed by atoms with Crippen LogP contribution in [0, 0.1) is 6.92 Å². The molecule has 104 valence electrons. The third-order valence-corrected chi connectivity index (χ3v) is 3.26. The van der Waals surface area contributed by atoms with Gasteiger partial charge in [0.05, 0.1) is 4.90 Å². The Kier molecular flexibility index (Phi) is 14.8. The van der Waals surface area contributed by atoms with Crippen LogP contribution in [0.3, 0.4) is 0 Å². The Morgan fingerprint density at radius 2 is 1.58 bits per heavy atom. The first kappa shape index (κ1) is 21.4. The van der Waals surface area contributed by atoms with Gasteiger partial charge in [-0.25, -0.2) is 0 Å². The fraction of sp³-hybridized carbons (Fsp3) is 0.500. The molecule has 1 aromatic carbocycles. The first-order valence-corrected chi connectivity index (χ1v) is 7.78. The van der Waals surface area contributed by atoms with Crippen LogP contribution in [0.25, 0.3) is 0 Å². The van der Waals surface area contributed by atoms with Gasteiger partial charge in [0.15, 0.2) is 0 Å². The number of hydrogen-bond acceptors (Lipinski definition) is 2. The van der Waals surface area contributed by atoms with Crippen molar-refractivity contribution in [1.82, 2.24) is 0 Å². The Morgan fingerprint density at radius 3 is 1.95 bits per heavy atom. The minimum atomic E-state index is -4.00. The second-order valence-corrected chi connectivity index (χ2v) is 5.48. The molecular weight excluding hydrogens is 271 g/mol. The van der Waals surface area contributed by atoms with Gasteiger partial charge in [-0.05, 0) is 12.1 Å². The smallest absolute Gasteiger partial charge is 0.343 e. The van der Waals surface area contributed by atoms with Crippen molar-refractivity contribution in [3.63, 3.8) is 0 Å². The molecule has 0 spiro atoms. The predicted molar refractivity (Wildman–Crippen MR) is 75.0 cm³/mol. The monoisotopic (exact) mass is 294 g/mol. The molecule has 1 N–H and O–H groups in total. The van der Waals surface area contributed by atoms with Gasteiger partial charge in [0.25, 0.3) is 10.1 Å².